The number of hydrogen-bond donors (Lipinski definition) is 0. The van der Waals surface area contributed by atoms with E-state index in [-0.39, 0.29) is 31.5 Å². The van der Waals surface area contributed by atoms with Crippen LogP contribution in [0.4, 0.5) is 17.6 Å². The highest BCUT2D eigenvalue weighted by atomic mass is 32.2. The maximum atomic E-state index is 13.0. The molecule has 0 unspecified atom stereocenters. The van der Waals surface area contributed by atoms with Crippen molar-refractivity contribution in [3.8, 4) is 0 Å². The summed E-state index contributed by atoms with van der Waals surface area (Å²) in [5.41, 5.74) is -5.48. The highest BCUT2D eigenvalue weighted by Gasteiger charge is 2.48. The summed E-state index contributed by atoms with van der Waals surface area (Å²) in [5, 5.41) is 0. The second-order valence-electron chi connectivity index (χ2n) is 5.45. The summed E-state index contributed by atoms with van der Waals surface area (Å²) in [6.07, 6.45) is -1.52. The number of benzene rings is 1. The fourth-order valence-corrected chi connectivity index (χ4v) is 2.61. The van der Waals surface area contributed by atoms with Gasteiger partial charge in [-0.05, 0) is 31.2 Å². The third-order valence-corrected chi connectivity index (χ3v) is 4.52. The number of ether oxygens (including phenoxy) is 1. The van der Waals surface area contributed by atoms with Crippen LogP contribution < -0.4 is 0 Å². The predicted molar refractivity (Wildman–Crippen MR) is 83.9 cm³/mol. The Kier molecular flexibility index (Phi) is 7.97. The second kappa shape index (κ2) is 9.28. The van der Waals surface area contributed by atoms with E-state index >= 15 is 0 Å². The van der Waals surface area contributed by atoms with Gasteiger partial charge in [0.25, 0.3) is 0 Å². The van der Waals surface area contributed by atoms with Gasteiger partial charge in [0.15, 0.2) is 0 Å². The van der Waals surface area contributed by atoms with Crippen molar-refractivity contribution in [2.45, 2.75) is 24.5 Å². The molecular formula is C15H19F4NO5S. The topological polar surface area (TPSA) is 72.9 Å². The summed E-state index contributed by atoms with van der Waals surface area (Å²) in [6, 6.07) is 4.29. The molecule has 0 aliphatic carbocycles. The van der Waals surface area contributed by atoms with Gasteiger partial charge in [-0.15, -0.1) is 0 Å². The van der Waals surface area contributed by atoms with Gasteiger partial charge in [0.1, 0.15) is 11.9 Å². The van der Waals surface area contributed by atoms with Gasteiger partial charge in [0, 0.05) is 13.1 Å². The summed E-state index contributed by atoms with van der Waals surface area (Å²) >= 11 is 0. The minimum absolute atomic E-state index is 0.0654. The molecule has 0 aromatic heterocycles. The number of carbonyl (C=O) groups excluding carboxylic acids is 1. The number of methoxy groups -OCH3 is 1. The molecular weight excluding hydrogens is 382 g/mol. The first-order valence-corrected chi connectivity index (χ1v) is 8.87. The Bertz CT molecular complexity index is 691. The minimum atomic E-state index is -5.82. The van der Waals surface area contributed by atoms with E-state index in [1.165, 1.54) is 7.11 Å². The molecule has 1 rings (SSSR count). The summed E-state index contributed by atoms with van der Waals surface area (Å²) in [4.78, 5) is 12.7. The average molecular weight is 401 g/mol. The van der Waals surface area contributed by atoms with Crippen LogP contribution in [0.25, 0.3) is 0 Å². The smallest absolute Gasteiger partial charge is 0.469 e. The first-order valence-electron chi connectivity index (χ1n) is 7.46. The van der Waals surface area contributed by atoms with E-state index in [1.54, 1.807) is 11.9 Å². The quantitative estimate of drug-likeness (QED) is 0.274. The molecule has 11 heteroatoms. The summed E-state index contributed by atoms with van der Waals surface area (Å²) < 4.78 is 82.2. The Morgan fingerprint density at radius 2 is 1.77 bits per heavy atom. The Hall–Kier alpha value is -1.72. The van der Waals surface area contributed by atoms with E-state index in [9.17, 15) is 30.8 Å². The van der Waals surface area contributed by atoms with Crippen LogP contribution in [0.15, 0.2) is 24.3 Å². The molecule has 0 radical (unpaired) electrons. The lowest BCUT2D eigenvalue weighted by molar-refractivity contribution is -0.140. The van der Waals surface area contributed by atoms with Crippen molar-refractivity contribution in [3.05, 3.63) is 35.6 Å². The van der Waals surface area contributed by atoms with E-state index < -0.39 is 33.5 Å². The van der Waals surface area contributed by atoms with Gasteiger partial charge in [-0.3, -0.25) is 8.98 Å². The van der Waals surface area contributed by atoms with Crippen LogP contribution in [0.1, 0.15) is 24.5 Å². The van der Waals surface area contributed by atoms with Crippen LogP contribution in [-0.4, -0.2) is 52.0 Å². The summed E-state index contributed by atoms with van der Waals surface area (Å²) in [6.45, 7) is 0.390. The molecule has 0 aliphatic rings. The zero-order valence-electron chi connectivity index (χ0n) is 14.1. The number of alkyl halides is 3. The third-order valence-electron chi connectivity index (χ3n) is 3.47. The number of halogens is 4. The highest BCUT2D eigenvalue weighted by Crippen LogP contribution is 2.32. The van der Waals surface area contributed by atoms with E-state index in [0.29, 0.717) is 0 Å². The first-order chi connectivity index (χ1) is 12.0. The summed E-state index contributed by atoms with van der Waals surface area (Å²) in [5.74, 6) is -1.08. The van der Waals surface area contributed by atoms with Crippen LogP contribution in [0.5, 0.6) is 0 Å². The van der Waals surface area contributed by atoms with Crippen molar-refractivity contribution in [1.29, 1.82) is 0 Å². The fraction of sp³-hybridized carbons (Fsp3) is 0.533. The molecule has 6 nitrogen and oxygen atoms in total. The maximum absolute atomic E-state index is 13.0. The van der Waals surface area contributed by atoms with Crippen molar-refractivity contribution in [1.82, 2.24) is 4.90 Å². The van der Waals surface area contributed by atoms with Crippen LogP contribution in [0, 0.1) is 5.82 Å². The van der Waals surface area contributed by atoms with E-state index in [0.717, 1.165) is 24.3 Å². The average Bonchev–Trinajstić information content (AvgIpc) is 2.56. The van der Waals surface area contributed by atoms with Gasteiger partial charge >= 0.3 is 21.6 Å². The molecule has 0 amide bonds. The van der Waals surface area contributed by atoms with Crippen molar-refractivity contribution < 1.29 is 39.7 Å². The SMILES string of the molecule is COC(=O)CCN(C)CC[C@H](OS(=O)(=O)C(F)(F)F)c1ccc(F)cc1. The molecule has 0 N–H and O–H groups in total. The number of rotatable bonds is 9. The molecule has 1 aromatic carbocycles. The van der Waals surface area contributed by atoms with Crippen LogP contribution in [-0.2, 0) is 23.8 Å². The zero-order valence-corrected chi connectivity index (χ0v) is 14.9. The van der Waals surface area contributed by atoms with E-state index in [2.05, 4.69) is 8.92 Å². The second-order valence-corrected chi connectivity index (χ2v) is 7.02. The monoisotopic (exact) mass is 401 g/mol. The maximum Gasteiger partial charge on any atom is 0.523 e. The van der Waals surface area contributed by atoms with Gasteiger partial charge < -0.3 is 9.64 Å². The van der Waals surface area contributed by atoms with Gasteiger partial charge in [-0.1, -0.05) is 12.1 Å². The Morgan fingerprint density at radius 1 is 1.19 bits per heavy atom. The predicted octanol–water partition coefficient (Wildman–Crippen LogP) is 2.62. The molecule has 0 spiro atoms. The molecule has 26 heavy (non-hydrogen) atoms. The molecule has 1 aromatic rings. The molecule has 0 aliphatic heterocycles. The number of carbonyl (C=O) groups is 1. The molecule has 0 bridgehead atoms. The van der Waals surface area contributed by atoms with Crippen molar-refractivity contribution in [3.63, 3.8) is 0 Å². The number of hydrogen-bond acceptors (Lipinski definition) is 6. The Morgan fingerprint density at radius 3 is 2.27 bits per heavy atom. The van der Waals surface area contributed by atoms with E-state index in [1.807, 2.05) is 0 Å². The van der Waals surface area contributed by atoms with Crippen molar-refractivity contribution >= 4 is 16.1 Å². The van der Waals surface area contributed by atoms with Gasteiger partial charge in [-0.25, -0.2) is 4.39 Å². The third kappa shape index (κ3) is 6.89. The van der Waals surface area contributed by atoms with Gasteiger partial charge in [-0.2, -0.15) is 21.6 Å². The highest BCUT2D eigenvalue weighted by molar-refractivity contribution is 7.87. The normalized spacial score (nSPS) is 13.7. The van der Waals surface area contributed by atoms with E-state index in [4.69, 9.17) is 0 Å². The molecule has 1 atom stereocenters. The van der Waals surface area contributed by atoms with Crippen LogP contribution in [0.3, 0.4) is 0 Å². The Balaban J connectivity index is 2.85. The zero-order chi connectivity index (χ0) is 20.0. The lowest BCUT2D eigenvalue weighted by atomic mass is 10.1. The lowest BCUT2D eigenvalue weighted by Crippen LogP contribution is -2.29. The number of nitrogens with zero attached hydrogens (tertiary/aromatic N) is 1. The number of esters is 1. The van der Waals surface area contributed by atoms with Gasteiger partial charge in [0.2, 0.25) is 0 Å². The van der Waals surface area contributed by atoms with Crippen molar-refractivity contribution in [2.24, 2.45) is 0 Å². The summed E-state index contributed by atoms with van der Waals surface area (Å²) in [7, 11) is -2.99. The largest absolute Gasteiger partial charge is 0.523 e. The molecule has 0 saturated heterocycles. The minimum Gasteiger partial charge on any atom is -0.469 e. The van der Waals surface area contributed by atoms with Crippen molar-refractivity contribution in [2.75, 3.05) is 27.2 Å². The Labute approximate surface area is 148 Å². The van der Waals surface area contributed by atoms with Crippen LogP contribution in [0.2, 0.25) is 0 Å². The molecule has 148 valence electrons. The fourth-order valence-electron chi connectivity index (χ4n) is 1.99. The molecule has 0 fully saturated rings. The first kappa shape index (κ1) is 22.3. The van der Waals surface area contributed by atoms with Crippen LogP contribution >= 0.6 is 0 Å². The molecule has 0 saturated carbocycles. The molecule has 0 heterocycles. The lowest BCUT2D eigenvalue weighted by Gasteiger charge is -2.22. The van der Waals surface area contributed by atoms with Gasteiger partial charge in [0.05, 0.1) is 13.5 Å². The standard InChI is InChI=1S/C15H19F4NO5S/c1-20(10-8-14(21)24-2)9-7-13(11-3-5-12(16)6-4-11)25-26(22,23)15(17,18)19/h3-6,13H,7-10H2,1-2H3/t13-/m0/s1.